The van der Waals surface area contributed by atoms with E-state index >= 15 is 0 Å². The van der Waals surface area contributed by atoms with Crippen molar-refractivity contribution in [2.24, 2.45) is 0 Å². The molecule has 2 aromatic rings. The van der Waals surface area contributed by atoms with Crippen molar-refractivity contribution in [2.75, 3.05) is 13.6 Å². The molecule has 1 aromatic carbocycles. The molecule has 0 amide bonds. The van der Waals surface area contributed by atoms with Crippen LogP contribution in [0.5, 0.6) is 0 Å². The molecule has 0 saturated heterocycles. The minimum Gasteiger partial charge on any atom is -0.377 e. The SMILES string of the molecule is CCCC(F)CN(C)/C=C\c1cc(-c2ncc(C(F)(F)F)cc2F)c(F)cc1C=O. The van der Waals surface area contributed by atoms with Crippen LogP contribution in [-0.4, -0.2) is 35.9 Å². The van der Waals surface area contributed by atoms with E-state index in [0.29, 0.717) is 25.3 Å². The molecule has 1 heterocycles. The summed E-state index contributed by atoms with van der Waals surface area (Å²) in [5.41, 5.74) is -2.20. The second-order valence-corrected chi connectivity index (χ2v) is 6.77. The Morgan fingerprint density at radius 1 is 1.13 bits per heavy atom. The molecule has 1 unspecified atom stereocenters. The maximum Gasteiger partial charge on any atom is 0.417 e. The largest absolute Gasteiger partial charge is 0.417 e. The first-order valence-electron chi connectivity index (χ1n) is 9.11. The first kappa shape index (κ1) is 23.4. The van der Waals surface area contributed by atoms with Crippen molar-refractivity contribution in [1.82, 2.24) is 9.88 Å². The van der Waals surface area contributed by atoms with E-state index in [2.05, 4.69) is 4.98 Å². The van der Waals surface area contributed by atoms with Crippen molar-refractivity contribution in [3.63, 3.8) is 0 Å². The highest BCUT2D eigenvalue weighted by atomic mass is 19.4. The van der Waals surface area contributed by atoms with Crippen LogP contribution in [0, 0.1) is 11.6 Å². The number of hydrogen-bond donors (Lipinski definition) is 0. The van der Waals surface area contributed by atoms with Gasteiger partial charge in [-0.15, -0.1) is 0 Å². The zero-order valence-corrected chi connectivity index (χ0v) is 16.3. The quantitative estimate of drug-likeness (QED) is 0.386. The maximum absolute atomic E-state index is 14.4. The van der Waals surface area contributed by atoms with Gasteiger partial charge < -0.3 is 4.90 Å². The Bertz CT molecular complexity index is 926. The van der Waals surface area contributed by atoms with Gasteiger partial charge in [-0.1, -0.05) is 13.3 Å². The molecular formula is C21H20F6N2O. The third kappa shape index (κ3) is 5.84. The molecule has 9 heteroatoms. The number of pyridine rings is 1. The number of hydrogen-bond acceptors (Lipinski definition) is 3. The molecule has 0 fully saturated rings. The number of rotatable bonds is 8. The van der Waals surface area contributed by atoms with Gasteiger partial charge in [0.05, 0.1) is 5.56 Å². The van der Waals surface area contributed by atoms with E-state index in [0.717, 1.165) is 12.1 Å². The van der Waals surface area contributed by atoms with Crippen LogP contribution in [0.4, 0.5) is 26.3 Å². The predicted octanol–water partition coefficient (Wildman–Crippen LogP) is 5.90. The fraction of sp³-hybridized carbons (Fsp3) is 0.333. The number of halogens is 6. The summed E-state index contributed by atoms with van der Waals surface area (Å²) in [4.78, 5) is 16.2. The summed E-state index contributed by atoms with van der Waals surface area (Å²) < 4.78 is 80.4. The summed E-state index contributed by atoms with van der Waals surface area (Å²) in [6, 6.07) is 2.19. The molecule has 0 aliphatic carbocycles. The molecule has 0 radical (unpaired) electrons. The summed E-state index contributed by atoms with van der Waals surface area (Å²) in [5, 5.41) is 0. The lowest BCUT2D eigenvalue weighted by atomic mass is 10.0. The summed E-state index contributed by atoms with van der Waals surface area (Å²) in [5.74, 6) is -2.37. The number of alkyl halides is 4. The zero-order chi connectivity index (χ0) is 22.5. The first-order chi connectivity index (χ1) is 14.1. The van der Waals surface area contributed by atoms with Crippen LogP contribution in [-0.2, 0) is 6.18 Å². The summed E-state index contributed by atoms with van der Waals surface area (Å²) in [7, 11) is 1.61. The van der Waals surface area contributed by atoms with Gasteiger partial charge in [0.25, 0.3) is 0 Å². The summed E-state index contributed by atoms with van der Waals surface area (Å²) in [6.07, 6.45) is -1.10. The molecule has 162 valence electrons. The van der Waals surface area contributed by atoms with Crippen molar-refractivity contribution in [1.29, 1.82) is 0 Å². The van der Waals surface area contributed by atoms with Gasteiger partial charge in [0.1, 0.15) is 23.5 Å². The third-order valence-corrected chi connectivity index (χ3v) is 4.32. The van der Waals surface area contributed by atoms with Crippen LogP contribution in [0.2, 0.25) is 0 Å². The van der Waals surface area contributed by atoms with E-state index in [-0.39, 0.29) is 23.7 Å². The molecular weight excluding hydrogens is 410 g/mol. The number of carbonyl (C=O) groups is 1. The summed E-state index contributed by atoms with van der Waals surface area (Å²) in [6.45, 7) is 1.96. The van der Waals surface area contributed by atoms with Gasteiger partial charge in [-0.3, -0.25) is 9.78 Å². The smallest absolute Gasteiger partial charge is 0.377 e. The molecule has 0 saturated carbocycles. The highest BCUT2D eigenvalue weighted by Crippen LogP contribution is 2.33. The Kier molecular flexibility index (Phi) is 7.64. The lowest BCUT2D eigenvalue weighted by molar-refractivity contribution is -0.138. The minimum atomic E-state index is -4.79. The average molecular weight is 430 g/mol. The fourth-order valence-corrected chi connectivity index (χ4v) is 2.81. The molecule has 30 heavy (non-hydrogen) atoms. The maximum atomic E-state index is 14.4. The van der Waals surface area contributed by atoms with Crippen LogP contribution in [0.25, 0.3) is 17.3 Å². The van der Waals surface area contributed by atoms with Gasteiger partial charge in [0.15, 0.2) is 6.29 Å². The highest BCUT2D eigenvalue weighted by molar-refractivity contribution is 5.84. The van der Waals surface area contributed by atoms with E-state index in [1.807, 2.05) is 6.92 Å². The second-order valence-electron chi connectivity index (χ2n) is 6.77. The Morgan fingerprint density at radius 2 is 1.83 bits per heavy atom. The molecule has 0 aliphatic rings. The van der Waals surface area contributed by atoms with Crippen LogP contribution in [0.3, 0.4) is 0 Å². The van der Waals surface area contributed by atoms with E-state index in [1.165, 1.54) is 17.2 Å². The average Bonchev–Trinajstić information content (AvgIpc) is 2.66. The predicted molar refractivity (Wildman–Crippen MR) is 101 cm³/mol. The van der Waals surface area contributed by atoms with Crippen LogP contribution in [0.15, 0.2) is 30.6 Å². The number of aromatic nitrogens is 1. The standard InChI is InChI=1S/C21H20F6N2O/c1-3-4-16(22)11-29(2)6-5-13-7-17(18(23)8-14(13)12-30)20-19(24)9-15(10-28-20)21(25,26)27/h5-10,12,16H,3-4,11H2,1-2H3/b6-5-. The molecule has 1 atom stereocenters. The summed E-state index contributed by atoms with van der Waals surface area (Å²) >= 11 is 0. The van der Waals surface area contributed by atoms with Gasteiger partial charge in [0, 0.05) is 30.9 Å². The number of nitrogens with zero attached hydrogens (tertiary/aromatic N) is 2. The van der Waals surface area contributed by atoms with Gasteiger partial charge in [-0.25, -0.2) is 13.2 Å². The second kappa shape index (κ2) is 9.77. The van der Waals surface area contributed by atoms with Gasteiger partial charge in [-0.05, 0) is 42.5 Å². The van der Waals surface area contributed by atoms with Crippen LogP contribution in [0.1, 0.15) is 41.3 Å². The Hall–Kier alpha value is -2.84. The molecule has 0 bridgehead atoms. The molecule has 1 aromatic heterocycles. The van der Waals surface area contributed by atoms with Gasteiger partial charge in [-0.2, -0.15) is 13.2 Å². The molecule has 3 nitrogen and oxygen atoms in total. The number of benzene rings is 1. The van der Waals surface area contributed by atoms with Crippen molar-refractivity contribution in [3.8, 4) is 11.3 Å². The normalized spacial score (nSPS) is 12.9. The third-order valence-electron chi connectivity index (χ3n) is 4.32. The topological polar surface area (TPSA) is 33.2 Å². The molecule has 0 N–H and O–H groups in total. The monoisotopic (exact) mass is 430 g/mol. The van der Waals surface area contributed by atoms with E-state index < -0.39 is 40.8 Å². The van der Waals surface area contributed by atoms with Gasteiger partial charge >= 0.3 is 6.18 Å². The van der Waals surface area contributed by atoms with Crippen molar-refractivity contribution < 1.29 is 31.1 Å². The number of carbonyl (C=O) groups excluding carboxylic acids is 1. The fourth-order valence-electron chi connectivity index (χ4n) is 2.81. The molecule has 0 aliphatic heterocycles. The Balaban J connectivity index is 2.40. The first-order valence-corrected chi connectivity index (χ1v) is 9.11. The minimum absolute atomic E-state index is 0.0569. The lowest BCUT2D eigenvalue weighted by Gasteiger charge is -2.17. The van der Waals surface area contributed by atoms with E-state index in [1.54, 1.807) is 7.05 Å². The van der Waals surface area contributed by atoms with Crippen molar-refractivity contribution in [3.05, 3.63) is 58.9 Å². The lowest BCUT2D eigenvalue weighted by Crippen LogP contribution is -2.21. The van der Waals surface area contributed by atoms with E-state index in [9.17, 15) is 31.1 Å². The van der Waals surface area contributed by atoms with E-state index in [4.69, 9.17) is 0 Å². The van der Waals surface area contributed by atoms with Gasteiger partial charge in [0.2, 0.25) is 0 Å². The highest BCUT2D eigenvalue weighted by Gasteiger charge is 2.32. The Morgan fingerprint density at radius 3 is 2.40 bits per heavy atom. The van der Waals surface area contributed by atoms with Crippen LogP contribution < -0.4 is 0 Å². The Labute approximate surface area is 170 Å². The van der Waals surface area contributed by atoms with Crippen molar-refractivity contribution >= 4 is 12.4 Å². The molecule has 0 spiro atoms. The van der Waals surface area contributed by atoms with Crippen molar-refractivity contribution in [2.45, 2.75) is 32.1 Å². The molecule has 2 rings (SSSR count). The zero-order valence-electron chi connectivity index (χ0n) is 16.3. The number of aldehydes is 1. The van der Waals surface area contributed by atoms with Crippen LogP contribution >= 0.6 is 0 Å².